The molecule has 12 heteroatoms. The molecule has 0 radical (unpaired) electrons. The summed E-state index contributed by atoms with van der Waals surface area (Å²) >= 11 is 0. The summed E-state index contributed by atoms with van der Waals surface area (Å²) in [6, 6.07) is 6.37. The Kier molecular flexibility index (Phi) is 4.59. The number of aromatic amines is 1. The number of methoxy groups -OCH3 is 1. The summed E-state index contributed by atoms with van der Waals surface area (Å²) in [7, 11) is 1.54. The first-order valence-corrected chi connectivity index (χ1v) is 10.7. The van der Waals surface area contributed by atoms with Crippen molar-refractivity contribution in [3.05, 3.63) is 83.5 Å². The topological polar surface area (TPSA) is 92.8 Å². The molecule has 1 unspecified atom stereocenters. The molecule has 0 saturated heterocycles. The molecule has 6 heterocycles. The number of nitrogens with zero attached hydrogens (tertiary/aromatic N) is 6. The van der Waals surface area contributed by atoms with E-state index < -0.39 is 17.8 Å². The SMILES string of the molecule is COc1ccc2c(C(=O)N3CCc4[nH]cnc4C3c3cc4c(C(F)(F)F)cccn4n3)cnn2c1. The third-order valence-corrected chi connectivity index (χ3v) is 6.25. The molecule has 6 rings (SSSR count). The van der Waals surface area contributed by atoms with Crippen LogP contribution in [0, 0.1) is 0 Å². The molecule has 1 aliphatic rings. The average molecular weight is 481 g/mol. The smallest absolute Gasteiger partial charge is 0.418 e. The highest BCUT2D eigenvalue weighted by Gasteiger charge is 2.39. The number of nitrogens with one attached hydrogen (secondary N) is 1. The Morgan fingerprint density at radius 3 is 2.86 bits per heavy atom. The van der Waals surface area contributed by atoms with Crippen molar-refractivity contribution in [2.45, 2.75) is 18.6 Å². The predicted octanol–water partition coefficient (Wildman–Crippen LogP) is 3.52. The molecule has 35 heavy (non-hydrogen) atoms. The zero-order chi connectivity index (χ0) is 24.3. The van der Waals surface area contributed by atoms with E-state index in [4.69, 9.17) is 4.74 Å². The minimum atomic E-state index is -4.54. The van der Waals surface area contributed by atoms with Crippen molar-refractivity contribution in [1.82, 2.24) is 34.1 Å². The summed E-state index contributed by atoms with van der Waals surface area (Å²) in [5.41, 5.74) is 1.71. The number of alkyl halides is 3. The van der Waals surface area contributed by atoms with Crippen molar-refractivity contribution in [2.75, 3.05) is 13.7 Å². The van der Waals surface area contributed by atoms with Crippen LogP contribution in [0.2, 0.25) is 0 Å². The van der Waals surface area contributed by atoms with Gasteiger partial charge < -0.3 is 14.6 Å². The number of carbonyl (C=O) groups excluding carboxylic acids is 1. The molecule has 1 aliphatic heterocycles. The molecule has 0 bridgehead atoms. The van der Waals surface area contributed by atoms with E-state index in [1.807, 2.05) is 0 Å². The van der Waals surface area contributed by atoms with Gasteiger partial charge in [0.1, 0.15) is 11.8 Å². The lowest BCUT2D eigenvalue weighted by atomic mass is 9.98. The second-order valence-corrected chi connectivity index (χ2v) is 8.19. The number of hydrogen-bond donors (Lipinski definition) is 1. The van der Waals surface area contributed by atoms with Crippen LogP contribution in [-0.2, 0) is 12.6 Å². The van der Waals surface area contributed by atoms with Gasteiger partial charge in [0.25, 0.3) is 5.91 Å². The molecule has 9 nitrogen and oxygen atoms in total. The molecule has 5 aromatic heterocycles. The fourth-order valence-corrected chi connectivity index (χ4v) is 4.61. The number of pyridine rings is 2. The summed E-state index contributed by atoms with van der Waals surface area (Å²) in [6.07, 6.45) is 2.08. The largest absolute Gasteiger partial charge is 0.495 e. The van der Waals surface area contributed by atoms with Crippen LogP contribution in [0.5, 0.6) is 5.75 Å². The fourth-order valence-electron chi connectivity index (χ4n) is 4.61. The van der Waals surface area contributed by atoms with E-state index in [9.17, 15) is 18.0 Å². The number of aromatic nitrogens is 6. The number of rotatable bonds is 3. The van der Waals surface area contributed by atoms with E-state index in [2.05, 4.69) is 20.2 Å². The molecule has 1 N–H and O–H groups in total. The lowest BCUT2D eigenvalue weighted by Gasteiger charge is -2.33. The molecule has 0 aromatic carbocycles. The summed E-state index contributed by atoms with van der Waals surface area (Å²) < 4.78 is 48.8. The normalized spacial score (nSPS) is 16.1. The maximum Gasteiger partial charge on any atom is 0.418 e. The average Bonchev–Trinajstić information content (AvgIpc) is 3.59. The van der Waals surface area contributed by atoms with Gasteiger partial charge in [-0.25, -0.2) is 14.0 Å². The van der Waals surface area contributed by atoms with Gasteiger partial charge >= 0.3 is 6.18 Å². The van der Waals surface area contributed by atoms with E-state index in [1.54, 1.807) is 27.7 Å². The highest BCUT2D eigenvalue weighted by atomic mass is 19.4. The lowest BCUT2D eigenvalue weighted by Crippen LogP contribution is -2.41. The Labute approximate surface area is 195 Å². The maximum absolute atomic E-state index is 13.8. The zero-order valence-electron chi connectivity index (χ0n) is 18.3. The Bertz CT molecular complexity index is 1580. The molecule has 0 fully saturated rings. The molecule has 1 amide bonds. The Balaban J connectivity index is 1.47. The van der Waals surface area contributed by atoms with Gasteiger partial charge in [0, 0.05) is 24.9 Å². The van der Waals surface area contributed by atoms with E-state index in [-0.39, 0.29) is 11.4 Å². The highest BCUT2D eigenvalue weighted by molar-refractivity contribution is 6.01. The third-order valence-electron chi connectivity index (χ3n) is 6.25. The minimum absolute atomic E-state index is 0.0897. The number of ether oxygens (including phenoxy) is 1. The second kappa shape index (κ2) is 7.58. The fraction of sp³-hybridized carbons (Fsp3) is 0.217. The first-order valence-electron chi connectivity index (χ1n) is 10.7. The van der Waals surface area contributed by atoms with Crippen molar-refractivity contribution >= 4 is 16.9 Å². The monoisotopic (exact) mass is 481 g/mol. The first kappa shape index (κ1) is 21.2. The predicted molar refractivity (Wildman–Crippen MR) is 117 cm³/mol. The standard InChI is InChI=1S/C23H18F3N7O2/c1-35-13-4-5-18-14(10-29-33(18)11-13)22(34)31-8-6-16-20(28-12-27-16)21(31)17-9-19-15(23(24,25)26)3-2-7-32(19)30-17/h2-5,7,9-12,21H,6,8H2,1H3,(H,27,28). The highest BCUT2D eigenvalue weighted by Crippen LogP contribution is 2.37. The van der Waals surface area contributed by atoms with Gasteiger partial charge in [0.05, 0.1) is 59.4 Å². The van der Waals surface area contributed by atoms with Gasteiger partial charge in [-0.05, 0) is 30.3 Å². The minimum Gasteiger partial charge on any atom is -0.495 e. The number of carbonyl (C=O) groups is 1. The number of amides is 1. The van der Waals surface area contributed by atoms with Crippen LogP contribution in [0.15, 0.2) is 55.2 Å². The molecule has 0 saturated carbocycles. The number of halogens is 3. The quantitative estimate of drug-likeness (QED) is 0.426. The van der Waals surface area contributed by atoms with E-state index in [0.717, 1.165) is 11.8 Å². The number of H-pyrrole nitrogens is 1. The molecule has 0 aliphatic carbocycles. The number of fused-ring (bicyclic) bond motifs is 3. The molecule has 1 atom stereocenters. The van der Waals surface area contributed by atoms with E-state index in [1.165, 1.54) is 42.5 Å². The summed E-state index contributed by atoms with van der Waals surface area (Å²) in [5, 5.41) is 8.69. The number of imidazole rings is 1. The van der Waals surface area contributed by atoms with Gasteiger partial charge in [-0.3, -0.25) is 4.79 Å². The first-order chi connectivity index (χ1) is 16.8. The van der Waals surface area contributed by atoms with Crippen molar-refractivity contribution in [2.24, 2.45) is 0 Å². The molecular formula is C23H18F3N7O2. The molecule has 178 valence electrons. The zero-order valence-corrected chi connectivity index (χ0v) is 18.3. The molecule has 5 aromatic rings. The van der Waals surface area contributed by atoms with Crippen molar-refractivity contribution in [3.63, 3.8) is 0 Å². The second-order valence-electron chi connectivity index (χ2n) is 8.19. The van der Waals surface area contributed by atoms with E-state index in [0.29, 0.717) is 41.2 Å². The van der Waals surface area contributed by atoms with Crippen LogP contribution in [0.4, 0.5) is 13.2 Å². The summed E-state index contributed by atoms with van der Waals surface area (Å²) in [4.78, 5) is 22.8. The van der Waals surface area contributed by atoms with E-state index >= 15 is 0 Å². The van der Waals surface area contributed by atoms with Crippen LogP contribution in [0.25, 0.3) is 11.0 Å². The van der Waals surface area contributed by atoms with Gasteiger partial charge in [-0.1, -0.05) is 0 Å². The van der Waals surface area contributed by atoms with Gasteiger partial charge in [-0.2, -0.15) is 23.4 Å². The maximum atomic E-state index is 13.8. The van der Waals surface area contributed by atoms with Crippen LogP contribution in [0.3, 0.4) is 0 Å². The van der Waals surface area contributed by atoms with Crippen LogP contribution >= 0.6 is 0 Å². The van der Waals surface area contributed by atoms with Crippen molar-refractivity contribution < 1.29 is 22.7 Å². The van der Waals surface area contributed by atoms with Gasteiger partial charge in [0.15, 0.2) is 0 Å². The summed E-state index contributed by atoms with van der Waals surface area (Å²) in [5.74, 6) is 0.263. The van der Waals surface area contributed by atoms with Crippen LogP contribution in [-0.4, -0.2) is 53.7 Å². The van der Waals surface area contributed by atoms with Crippen molar-refractivity contribution in [1.29, 1.82) is 0 Å². The Hall–Kier alpha value is -4.35. The lowest BCUT2D eigenvalue weighted by molar-refractivity contribution is -0.136. The van der Waals surface area contributed by atoms with Crippen LogP contribution in [0.1, 0.15) is 39.0 Å². The van der Waals surface area contributed by atoms with Crippen molar-refractivity contribution in [3.8, 4) is 5.75 Å². The number of hydrogen-bond acceptors (Lipinski definition) is 5. The Morgan fingerprint density at radius 2 is 2.06 bits per heavy atom. The third kappa shape index (κ3) is 3.32. The Morgan fingerprint density at radius 1 is 1.20 bits per heavy atom. The van der Waals surface area contributed by atoms with Crippen LogP contribution < -0.4 is 4.74 Å². The molecule has 0 spiro atoms. The molecular weight excluding hydrogens is 463 g/mol. The summed E-state index contributed by atoms with van der Waals surface area (Å²) in [6.45, 7) is 0.326. The van der Waals surface area contributed by atoms with Gasteiger partial charge in [0.2, 0.25) is 0 Å². The van der Waals surface area contributed by atoms with Gasteiger partial charge in [-0.15, -0.1) is 0 Å².